The fourth-order valence-corrected chi connectivity index (χ4v) is 6.15. The molecule has 0 atom stereocenters. The zero-order valence-corrected chi connectivity index (χ0v) is 22.1. The average molecular weight is 503 g/mol. The van der Waals surface area contributed by atoms with E-state index >= 15 is 0 Å². The maximum Gasteiger partial charge on any atom is 0.254 e. The highest BCUT2D eigenvalue weighted by atomic mass is 16.2. The van der Waals surface area contributed by atoms with Crippen LogP contribution in [0.15, 0.2) is 49.1 Å². The molecule has 37 heavy (non-hydrogen) atoms. The molecule has 1 aliphatic heterocycles. The van der Waals surface area contributed by atoms with Gasteiger partial charge in [-0.25, -0.2) is 9.97 Å². The molecule has 0 bridgehead atoms. The number of nitrogens with zero attached hydrogens (tertiary/aromatic N) is 4. The lowest BCUT2D eigenvalue weighted by Gasteiger charge is -2.37. The Bertz CT molecular complexity index is 1010. The third-order valence-electron chi connectivity index (χ3n) is 8.35. The third-order valence-corrected chi connectivity index (χ3v) is 8.35. The van der Waals surface area contributed by atoms with Gasteiger partial charge in [0.05, 0.1) is 13.1 Å². The minimum absolute atomic E-state index is 0.0141. The Balaban J connectivity index is 1.08. The summed E-state index contributed by atoms with van der Waals surface area (Å²) >= 11 is 0. The predicted octanol–water partition coefficient (Wildman–Crippen LogP) is 5.73. The van der Waals surface area contributed by atoms with Crippen molar-refractivity contribution in [3.05, 3.63) is 71.8 Å². The summed E-state index contributed by atoms with van der Waals surface area (Å²) < 4.78 is 0. The minimum atomic E-state index is -0.0141. The molecule has 2 N–H and O–H groups in total. The summed E-state index contributed by atoms with van der Waals surface area (Å²) in [6.07, 6.45) is 21.9. The van der Waals surface area contributed by atoms with E-state index < -0.39 is 0 Å². The molecule has 198 valence electrons. The van der Waals surface area contributed by atoms with E-state index in [1.54, 1.807) is 29.7 Å². The van der Waals surface area contributed by atoms with Crippen LogP contribution in [0.3, 0.4) is 0 Å². The first-order valence-electron chi connectivity index (χ1n) is 14.3. The second-order valence-electron chi connectivity index (χ2n) is 10.9. The van der Waals surface area contributed by atoms with Crippen molar-refractivity contribution in [2.24, 2.45) is 5.92 Å². The number of benzene rings is 1. The Morgan fingerprint density at radius 2 is 1.49 bits per heavy atom. The van der Waals surface area contributed by atoms with E-state index in [-0.39, 0.29) is 5.91 Å². The Kier molecular flexibility index (Phi) is 9.06. The standard InChI is InChI=1S/C30H42N6O/c37-30(36(22-28-31-16-17-32-28)23-29-33-18-19-34-29)26-12-10-24(11-13-26)6-5-7-25-14-20-35(21-15-25)27-8-3-1-2-4-9-27/h10-13,16-19,25,27H,1-9,14-15,20-23H2,(H,31,32)(H,33,34). The number of aromatic nitrogens is 4. The number of amides is 1. The second-order valence-corrected chi connectivity index (χ2v) is 10.9. The molecule has 0 spiro atoms. The summed E-state index contributed by atoms with van der Waals surface area (Å²) in [5.74, 6) is 2.38. The number of nitrogens with one attached hydrogen (secondary N) is 2. The summed E-state index contributed by atoms with van der Waals surface area (Å²) in [4.78, 5) is 32.7. The summed E-state index contributed by atoms with van der Waals surface area (Å²) in [5.41, 5.74) is 2.02. The van der Waals surface area contributed by atoms with Crippen molar-refractivity contribution in [2.45, 2.75) is 89.8 Å². The van der Waals surface area contributed by atoms with Gasteiger partial charge in [-0.15, -0.1) is 0 Å². The molecule has 2 aromatic heterocycles. The van der Waals surface area contributed by atoms with Gasteiger partial charge in [0.1, 0.15) is 11.6 Å². The lowest BCUT2D eigenvalue weighted by Crippen LogP contribution is -2.41. The van der Waals surface area contributed by atoms with Crippen LogP contribution in [0.25, 0.3) is 0 Å². The van der Waals surface area contributed by atoms with E-state index in [9.17, 15) is 4.79 Å². The molecule has 1 aromatic carbocycles. The van der Waals surface area contributed by atoms with Crippen LogP contribution >= 0.6 is 0 Å². The first-order valence-corrected chi connectivity index (χ1v) is 14.3. The van der Waals surface area contributed by atoms with Crippen LogP contribution in [0, 0.1) is 5.92 Å². The van der Waals surface area contributed by atoms with Gasteiger partial charge >= 0.3 is 0 Å². The highest BCUT2D eigenvalue weighted by Crippen LogP contribution is 2.28. The fraction of sp³-hybridized carbons (Fsp3) is 0.567. The van der Waals surface area contributed by atoms with Gasteiger partial charge in [-0.3, -0.25) is 4.79 Å². The molecule has 1 amide bonds. The topological polar surface area (TPSA) is 80.9 Å². The number of aryl methyl sites for hydroxylation is 1. The molecule has 7 heteroatoms. The summed E-state index contributed by atoms with van der Waals surface area (Å²) in [7, 11) is 0. The Hall–Kier alpha value is -2.93. The van der Waals surface area contributed by atoms with Crippen molar-refractivity contribution in [3.8, 4) is 0 Å². The zero-order valence-electron chi connectivity index (χ0n) is 22.1. The van der Waals surface area contributed by atoms with E-state index in [0.29, 0.717) is 18.7 Å². The van der Waals surface area contributed by atoms with E-state index in [1.807, 2.05) is 12.1 Å². The van der Waals surface area contributed by atoms with Gasteiger partial charge in [-0.05, 0) is 75.2 Å². The Morgan fingerprint density at radius 3 is 2.05 bits per heavy atom. The first kappa shape index (κ1) is 25.7. The van der Waals surface area contributed by atoms with Gasteiger partial charge < -0.3 is 19.8 Å². The Morgan fingerprint density at radius 1 is 0.865 bits per heavy atom. The van der Waals surface area contributed by atoms with Gasteiger partial charge in [-0.1, -0.05) is 44.2 Å². The molecule has 0 unspecified atom stereocenters. The predicted molar refractivity (Wildman–Crippen MR) is 146 cm³/mol. The van der Waals surface area contributed by atoms with Crippen LogP contribution in [-0.2, 0) is 19.5 Å². The second kappa shape index (κ2) is 13.0. The van der Waals surface area contributed by atoms with Gasteiger partial charge in [0.25, 0.3) is 5.91 Å². The largest absolute Gasteiger partial charge is 0.347 e. The number of imidazole rings is 2. The van der Waals surface area contributed by atoms with E-state index in [1.165, 1.54) is 82.9 Å². The SMILES string of the molecule is O=C(c1ccc(CCCC2CCN(C3CCCCCC3)CC2)cc1)N(Cc1ncc[nH]1)Cc1ncc[nH]1. The number of carbonyl (C=O) groups excluding carboxylic acids is 1. The van der Waals surface area contributed by atoms with Crippen molar-refractivity contribution in [1.82, 2.24) is 29.7 Å². The van der Waals surface area contributed by atoms with Crippen LogP contribution in [-0.4, -0.2) is 54.8 Å². The fourth-order valence-electron chi connectivity index (χ4n) is 6.15. The van der Waals surface area contributed by atoms with Gasteiger partial charge in [0, 0.05) is 36.4 Å². The molecule has 1 saturated carbocycles. The third kappa shape index (κ3) is 7.31. The van der Waals surface area contributed by atoms with Crippen LogP contribution in [0.5, 0.6) is 0 Å². The van der Waals surface area contributed by atoms with Gasteiger partial charge in [-0.2, -0.15) is 0 Å². The van der Waals surface area contributed by atoms with Crippen molar-refractivity contribution < 1.29 is 4.79 Å². The summed E-state index contributed by atoms with van der Waals surface area (Å²) in [6.45, 7) is 3.43. The summed E-state index contributed by atoms with van der Waals surface area (Å²) in [5, 5.41) is 0. The average Bonchev–Trinajstić information content (AvgIpc) is 3.58. The molecule has 2 fully saturated rings. The number of carbonyl (C=O) groups is 1. The molecule has 7 nitrogen and oxygen atoms in total. The monoisotopic (exact) mass is 502 g/mol. The number of H-pyrrole nitrogens is 2. The number of hydrogen-bond acceptors (Lipinski definition) is 4. The number of aromatic amines is 2. The summed E-state index contributed by atoms with van der Waals surface area (Å²) in [6, 6.07) is 9.05. The number of likely N-dealkylation sites (tertiary alicyclic amines) is 1. The van der Waals surface area contributed by atoms with Crippen LogP contribution in [0.4, 0.5) is 0 Å². The van der Waals surface area contributed by atoms with Gasteiger partial charge in [0.2, 0.25) is 0 Å². The molecule has 1 saturated heterocycles. The number of hydrogen-bond donors (Lipinski definition) is 2. The first-order chi connectivity index (χ1) is 18.2. The van der Waals surface area contributed by atoms with Crippen LogP contribution < -0.4 is 0 Å². The van der Waals surface area contributed by atoms with E-state index in [4.69, 9.17) is 0 Å². The van der Waals surface area contributed by atoms with E-state index in [2.05, 4.69) is 37.0 Å². The number of piperidine rings is 1. The lowest BCUT2D eigenvalue weighted by atomic mass is 9.89. The van der Waals surface area contributed by atoms with Crippen LogP contribution in [0.2, 0.25) is 0 Å². The molecular formula is C30H42N6O. The van der Waals surface area contributed by atoms with E-state index in [0.717, 1.165) is 30.0 Å². The molecule has 3 aromatic rings. The minimum Gasteiger partial charge on any atom is -0.347 e. The number of rotatable bonds is 10. The maximum atomic E-state index is 13.3. The smallest absolute Gasteiger partial charge is 0.254 e. The highest BCUT2D eigenvalue weighted by Gasteiger charge is 2.25. The molecule has 0 radical (unpaired) electrons. The molecule has 5 rings (SSSR count). The molecule has 1 aliphatic carbocycles. The van der Waals surface area contributed by atoms with Crippen molar-refractivity contribution in [3.63, 3.8) is 0 Å². The Labute approximate surface area is 221 Å². The van der Waals surface area contributed by atoms with Crippen molar-refractivity contribution in [1.29, 1.82) is 0 Å². The van der Waals surface area contributed by atoms with Crippen LogP contribution in [0.1, 0.15) is 91.8 Å². The highest BCUT2D eigenvalue weighted by molar-refractivity contribution is 5.94. The zero-order chi connectivity index (χ0) is 25.3. The lowest BCUT2D eigenvalue weighted by molar-refractivity contribution is 0.0721. The van der Waals surface area contributed by atoms with Crippen molar-refractivity contribution in [2.75, 3.05) is 13.1 Å². The molecular weight excluding hydrogens is 460 g/mol. The quantitative estimate of drug-likeness (QED) is 0.347. The van der Waals surface area contributed by atoms with Gasteiger partial charge in [0.15, 0.2) is 0 Å². The molecule has 3 heterocycles. The van der Waals surface area contributed by atoms with Crippen molar-refractivity contribution >= 4 is 5.91 Å². The molecule has 2 aliphatic rings. The maximum absolute atomic E-state index is 13.3. The normalized spacial score (nSPS) is 18.1.